The summed E-state index contributed by atoms with van der Waals surface area (Å²) in [5.41, 5.74) is 0.710. The van der Waals surface area contributed by atoms with Crippen molar-refractivity contribution >= 4 is 23.4 Å². The Hall–Kier alpha value is -0.590. The Labute approximate surface area is 242 Å². The Morgan fingerprint density at radius 1 is 1.12 bits per heavy atom. The molecular formula is C20H21Na2O10PS. The number of fused-ring (bicyclic) bond motifs is 1. The van der Waals surface area contributed by atoms with Crippen LogP contribution < -0.4 is 87.6 Å². The van der Waals surface area contributed by atoms with Crippen LogP contribution in [0.1, 0.15) is 35.7 Å². The first kappa shape index (κ1) is 31.4. The minimum atomic E-state index is -5.30. The summed E-state index contributed by atoms with van der Waals surface area (Å²) >= 11 is 0. The number of ketones is 1. The van der Waals surface area contributed by atoms with E-state index in [0.717, 1.165) is 0 Å². The molecule has 174 valence electrons. The predicted molar refractivity (Wildman–Crippen MR) is 109 cm³/mol. The molecule has 0 atom stereocenters. The molecule has 1 heterocycles. The summed E-state index contributed by atoms with van der Waals surface area (Å²) in [6, 6.07) is 7.00. The molecule has 2 aromatic carbocycles. The van der Waals surface area contributed by atoms with Crippen LogP contribution in [0.15, 0.2) is 35.2 Å². The molecule has 0 aliphatic carbocycles. The first-order chi connectivity index (χ1) is 15.0. The number of benzene rings is 2. The van der Waals surface area contributed by atoms with Gasteiger partial charge in [-0.15, -0.1) is 0 Å². The van der Waals surface area contributed by atoms with Crippen molar-refractivity contribution < 1.29 is 105 Å². The van der Waals surface area contributed by atoms with E-state index in [9.17, 15) is 27.6 Å². The Morgan fingerprint density at radius 2 is 1.82 bits per heavy atom. The molecular weight excluding hydrogens is 509 g/mol. The quantitative estimate of drug-likeness (QED) is 0.167. The van der Waals surface area contributed by atoms with Crippen LogP contribution >= 0.6 is 7.82 Å². The van der Waals surface area contributed by atoms with Crippen LogP contribution in [0.3, 0.4) is 0 Å². The van der Waals surface area contributed by atoms with E-state index >= 15 is 0 Å². The van der Waals surface area contributed by atoms with Crippen LogP contribution in [0.2, 0.25) is 0 Å². The molecule has 3 rings (SSSR count). The largest absolute Gasteiger partial charge is 1.00 e. The maximum atomic E-state index is 12.9. The molecule has 0 amide bonds. The van der Waals surface area contributed by atoms with Gasteiger partial charge in [-0.05, 0) is 36.6 Å². The fourth-order valence-electron chi connectivity index (χ4n) is 3.11. The van der Waals surface area contributed by atoms with Crippen molar-refractivity contribution in [2.75, 3.05) is 19.7 Å². The maximum Gasteiger partial charge on any atom is 1.00 e. The fraction of sp³-hybridized carbons (Fsp3) is 0.350. The van der Waals surface area contributed by atoms with Gasteiger partial charge in [-0.3, -0.25) is 4.79 Å². The van der Waals surface area contributed by atoms with Gasteiger partial charge in [0.2, 0.25) is 9.84 Å². The van der Waals surface area contributed by atoms with Crippen molar-refractivity contribution in [1.82, 2.24) is 0 Å². The average molecular weight is 530 g/mol. The second-order valence-corrected chi connectivity index (χ2v) is 9.95. The van der Waals surface area contributed by atoms with Crippen LogP contribution in [-0.2, 0) is 20.8 Å². The summed E-state index contributed by atoms with van der Waals surface area (Å²) in [7, 11) is -7.59. The predicted octanol–water partition coefficient (Wildman–Crippen LogP) is -4.36. The molecule has 1 aliphatic rings. The van der Waals surface area contributed by atoms with Crippen LogP contribution in [0, 0.1) is 0 Å². The second kappa shape index (κ2) is 13.1. The Bertz CT molecular complexity index is 1180. The van der Waals surface area contributed by atoms with E-state index in [1.54, 1.807) is 6.07 Å². The number of phosphoric acid groups is 1. The number of sulfone groups is 1. The van der Waals surface area contributed by atoms with E-state index in [-0.39, 0.29) is 111 Å². The zero-order chi connectivity index (χ0) is 23.5. The number of rotatable bonds is 10. The SMILES string of the molecule is CCCOc1cc2c(cc1C(=O)CCc1ccc(OC)c(OP(=O)([O-])[O-])c1)OCS2(=O)=O.[Na+].[Na+]. The number of aryl methyl sites for hydroxylation is 1. The van der Waals surface area contributed by atoms with E-state index in [1.807, 2.05) is 6.92 Å². The molecule has 0 saturated carbocycles. The summed E-state index contributed by atoms with van der Waals surface area (Å²) in [5.74, 6) is -0.789. The number of ether oxygens (including phenoxy) is 3. The fourth-order valence-corrected chi connectivity index (χ4v) is 4.62. The van der Waals surface area contributed by atoms with E-state index < -0.39 is 23.6 Å². The number of Topliss-reactive ketones (excluding diaryl/α,β-unsaturated/α-hetero) is 1. The maximum absolute atomic E-state index is 12.9. The Balaban J connectivity index is 0.00000289. The third-order valence-corrected chi connectivity index (χ3v) is 6.43. The standard InChI is InChI=1S/C20H23O10PS.2Na/c1-3-8-28-17-11-20-19(29-12-32(20,25)26)10-14(17)15(21)6-4-13-5-7-16(27-2)18(9-13)30-31(22,23)24;;/h5,7,9-11H,3-4,6,8,12H2,1-2H3,(H2,22,23,24);;/q;2*+1/p-2. The summed E-state index contributed by atoms with van der Waals surface area (Å²) in [5, 5.41) is 0. The number of carbonyl (C=O) groups excluding carboxylic acids is 1. The zero-order valence-electron chi connectivity index (χ0n) is 19.4. The normalized spacial score (nSPS) is 13.5. The van der Waals surface area contributed by atoms with Gasteiger partial charge in [0.1, 0.15) is 24.2 Å². The van der Waals surface area contributed by atoms with Gasteiger partial charge in [-0.25, -0.2) is 8.42 Å². The molecule has 0 N–H and O–H groups in total. The summed E-state index contributed by atoms with van der Waals surface area (Å²) < 4.78 is 55.4. The van der Waals surface area contributed by atoms with Crippen molar-refractivity contribution in [3.63, 3.8) is 0 Å². The van der Waals surface area contributed by atoms with Crippen molar-refractivity contribution in [3.05, 3.63) is 41.5 Å². The van der Waals surface area contributed by atoms with Gasteiger partial charge in [0.15, 0.2) is 23.2 Å². The molecule has 14 heteroatoms. The van der Waals surface area contributed by atoms with E-state index in [1.165, 1.54) is 31.4 Å². The molecule has 0 unspecified atom stereocenters. The molecule has 10 nitrogen and oxygen atoms in total. The minimum Gasteiger partial charge on any atom is -0.780 e. The molecule has 0 bridgehead atoms. The van der Waals surface area contributed by atoms with E-state index in [2.05, 4.69) is 4.52 Å². The van der Waals surface area contributed by atoms with Crippen molar-refractivity contribution in [2.45, 2.75) is 31.1 Å². The minimum absolute atomic E-state index is 0. The van der Waals surface area contributed by atoms with Gasteiger partial charge < -0.3 is 33.1 Å². The number of methoxy groups -OCH3 is 1. The molecule has 0 aromatic heterocycles. The van der Waals surface area contributed by atoms with E-state index in [4.69, 9.17) is 14.2 Å². The van der Waals surface area contributed by atoms with Crippen molar-refractivity contribution in [2.24, 2.45) is 0 Å². The molecule has 0 fully saturated rings. The number of hydrogen-bond donors (Lipinski definition) is 0. The second-order valence-electron chi connectivity index (χ2n) is 6.97. The first-order valence-electron chi connectivity index (χ1n) is 9.62. The summed E-state index contributed by atoms with van der Waals surface area (Å²) in [6.07, 6.45) is 0.836. The molecule has 0 saturated heterocycles. The third kappa shape index (κ3) is 7.96. The van der Waals surface area contributed by atoms with Gasteiger partial charge in [0, 0.05) is 12.5 Å². The number of carbonyl (C=O) groups is 1. The van der Waals surface area contributed by atoms with Gasteiger partial charge >= 0.3 is 59.1 Å². The van der Waals surface area contributed by atoms with Crippen LogP contribution in [0.4, 0.5) is 0 Å². The monoisotopic (exact) mass is 530 g/mol. The molecule has 34 heavy (non-hydrogen) atoms. The van der Waals surface area contributed by atoms with Gasteiger partial charge in [-0.1, -0.05) is 13.0 Å². The molecule has 0 spiro atoms. The topological polar surface area (TPSA) is 151 Å². The Morgan fingerprint density at radius 3 is 2.44 bits per heavy atom. The summed E-state index contributed by atoms with van der Waals surface area (Å²) in [6.45, 7) is 2.17. The van der Waals surface area contributed by atoms with Crippen molar-refractivity contribution in [3.8, 4) is 23.0 Å². The Kier molecular flexibility index (Phi) is 12.1. The first-order valence-corrected chi connectivity index (χ1v) is 12.7. The number of hydrogen-bond acceptors (Lipinski definition) is 10. The number of phosphoric ester groups is 1. The van der Waals surface area contributed by atoms with Crippen LogP contribution in [0.25, 0.3) is 0 Å². The average Bonchev–Trinajstić information content (AvgIpc) is 3.02. The van der Waals surface area contributed by atoms with Crippen LogP contribution in [0.5, 0.6) is 23.0 Å². The van der Waals surface area contributed by atoms with Crippen LogP contribution in [-0.4, -0.2) is 33.9 Å². The van der Waals surface area contributed by atoms with Crippen molar-refractivity contribution in [1.29, 1.82) is 0 Å². The van der Waals surface area contributed by atoms with Gasteiger partial charge in [-0.2, -0.15) is 0 Å². The smallest absolute Gasteiger partial charge is 0.780 e. The summed E-state index contributed by atoms with van der Waals surface area (Å²) in [4.78, 5) is 34.8. The zero-order valence-corrected chi connectivity index (χ0v) is 25.1. The van der Waals surface area contributed by atoms with Gasteiger partial charge in [0.05, 0.1) is 19.3 Å². The molecule has 0 radical (unpaired) electrons. The van der Waals surface area contributed by atoms with E-state index in [0.29, 0.717) is 18.6 Å². The van der Waals surface area contributed by atoms with Gasteiger partial charge in [0.25, 0.3) is 0 Å². The molecule has 1 aliphatic heterocycles. The third-order valence-electron chi connectivity index (χ3n) is 4.59. The molecule has 2 aromatic rings.